The predicted octanol–water partition coefficient (Wildman–Crippen LogP) is 1.39. The topological polar surface area (TPSA) is 200 Å². The molecule has 0 aliphatic carbocycles. The van der Waals surface area contributed by atoms with Crippen molar-refractivity contribution >= 4 is 22.9 Å². The number of aromatic nitrogens is 2. The van der Waals surface area contributed by atoms with Gasteiger partial charge in [0.05, 0.1) is 27.1 Å². The largest absolute Gasteiger partial charge is 0.450 e. The summed E-state index contributed by atoms with van der Waals surface area (Å²) in [5, 5.41) is 36.7. The van der Waals surface area contributed by atoms with Crippen LogP contribution in [0.2, 0.25) is 0 Å². The van der Waals surface area contributed by atoms with Crippen molar-refractivity contribution in [3.8, 4) is 0 Å². The van der Waals surface area contributed by atoms with Gasteiger partial charge in [0, 0.05) is 13.8 Å². The number of hydrogen-bond donors (Lipinski definition) is 0. The van der Waals surface area contributed by atoms with Gasteiger partial charge in [-0.05, 0) is 4.90 Å². The predicted molar refractivity (Wildman–Crippen MR) is 82.5 cm³/mol. The summed E-state index contributed by atoms with van der Waals surface area (Å²) in [6.07, 6.45) is 0. The van der Waals surface area contributed by atoms with E-state index in [0.717, 1.165) is 12.1 Å². The Bertz CT molecular complexity index is 1150. The van der Waals surface area contributed by atoms with E-state index in [1.165, 1.54) is 13.8 Å². The first kappa shape index (κ1) is 18.4. The van der Waals surface area contributed by atoms with Crippen LogP contribution in [-0.4, -0.2) is 26.6 Å². The van der Waals surface area contributed by atoms with Crippen molar-refractivity contribution < 1.29 is 37.8 Å². The smallest absolute Gasteiger partial charge is 0.310 e. The fraction of sp³-hybridized carbons (Fsp3) is 0.143. The first-order valence-electron chi connectivity index (χ1n) is 7.30. The number of rotatable bonds is 6. The second-order valence-corrected chi connectivity index (χ2v) is 5.40. The molecular formula is C14H8N4O10. The molecule has 0 unspecified atom stereocenters. The second kappa shape index (κ2) is 6.42. The Labute approximate surface area is 152 Å². The van der Waals surface area contributed by atoms with E-state index in [2.05, 4.69) is 9.79 Å². The van der Waals surface area contributed by atoms with E-state index >= 15 is 0 Å². The van der Waals surface area contributed by atoms with E-state index in [9.17, 15) is 35.0 Å². The Balaban J connectivity index is 2.05. The normalized spacial score (nSPS) is 10.8. The van der Waals surface area contributed by atoms with Gasteiger partial charge in [-0.2, -0.15) is 0 Å². The summed E-state index contributed by atoms with van der Waals surface area (Å²) in [5.74, 6) is -3.91. The monoisotopic (exact) mass is 392 g/mol. The molecule has 0 atom stereocenters. The zero-order valence-electron chi connectivity index (χ0n) is 14.0. The van der Waals surface area contributed by atoms with Crippen molar-refractivity contribution in [2.45, 2.75) is 13.8 Å². The molecule has 0 aromatic carbocycles. The molecule has 0 spiro atoms. The molecule has 3 rings (SSSR count). The SMILES string of the molecule is Cc1oc(C(=O)c2no[n+]([O-])c2C(=O)c2cc([N+](=O)[O-])c(C)o2)cc1[N+](=O)[O-]. The van der Waals surface area contributed by atoms with Crippen LogP contribution in [0, 0.1) is 39.3 Å². The third-order valence-electron chi connectivity index (χ3n) is 3.67. The zero-order valence-corrected chi connectivity index (χ0v) is 14.0. The molecule has 0 radical (unpaired) electrons. The highest BCUT2D eigenvalue weighted by Crippen LogP contribution is 2.26. The zero-order chi connectivity index (χ0) is 20.7. The van der Waals surface area contributed by atoms with Gasteiger partial charge in [0.15, 0.2) is 23.0 Å². The lowest BCUT2D eigenvalue weighted by Gasteiger charge is -1.94. The number of hydrogen-bond acceptors (Lipinski definition) is 11. The second-order valence-electron chi connectivity index (χ2n) is 5.40. The fourth-order valence-corrected chi connectivity index (χ4v) is 2.35. The minimum Gasteiger partial charge on any atom is -0.450 e. The molecule has 0 N–H and O–H groups in total. The van der Waals surface area contributed by atoms with Crippen LogP contribution in [0.25, 0.3) is 0 Å². The maximum Gasteiger partial charge on any atom is 0.310 e. The molecule has 0 aliphatic heterocycles. The Morgan fingerprint density at radius 1 is 0.964 bits per heavy atom. The van der Waals surface area contributed by atoms with E-state index < -0.39 is 55.7 Å². The van der Waals surface area contributed by atoms with Crippen molar-refractivity contribution in [3.05, 3.63) is 72.0 Å². The van der Waals surface area contributed by atoms with Crippen molar-refractivity contribution in [2.75, 3.05) is 0 Å². The highest BCUT2D eigenvalue weighted by molar-refractivity contribution is 6.15. The van der Waals surface area contributed by atoms with E-state index in [1.807, 2.05) is 0 Å². The first-order valence-corrected chi connectivity index (χ1v) is 7.30. The van der Waals surface area contributed by atoms with Crippen molar-refractivity contribution in [1.29, 1.82) is 0 Å². The molecule has 0 saturated carbocycles. The van der Waals surface area contributed by atoms with Gasteiger partial charge < -0.3 is 14.0 Å². The molecule has 0 aliphatic rings. The third kappa shape index (κ3) is 2.87. The average molecular weight is 392 g/mol. The molecule has 0 saturated heterocycles. The van der Waals surface area contributed by atoms with Crippen LogP contribution in [0.3, 0.4) is 0 Å². The highest BCUT2D eigenvalue weighted by atomic mass is 16.8. The van der Waals surface area contributed by atoms with E-state index in [1.54, 1.807) is 0 Å². The number of nitro groups is 2. The summed E-state index contributed by atoms with van der Waals surface area (Å²) in [4.78, 5) is 44.8. The van der Waals surface area contributed by atoms with E-state index in [-0.39, 0.29) is 16.4 Å². The molecule has 3 aromatic rings. The van der Waals surface area contributed by atoms with Gasteiger partial charge in [-0.3, -0.25) is 34.4 Å². The lowest BCUT2D eigenvalue weighted by molar-refractivity contribution is -0.803. The summed E-state index contributed by atoms with van der Waals surface area (Å²) >= 11 is 0. The molecule has 3 aromatic heterocycles. The molecule has 0 amide bonds. The van der Waals surface area contributed by atoms with Crippen LogP contribution in [0.1, 0.15) is 44.0 Å². The minimum atomic E-state index is -1.21. The van der Waals surface area contributed by atoms with Gasteiger partial charge >= 0.3 is 17.1 Å². The molecular weight excluding hydrogens is 384 g/mol. The summed E-state index contributed by atoms with van der Waals surface area (Å²) in [7, 11) is 0. The maximum atomic E-state index is 12.5. The molecule has 3 heterocycles. The molecule has 0 bridgehead atoms. The quantitative estimate of drug-likeness (QED) is 0.254. The summed E-state index contributed by atoms with van der Waals surface area (Å²) in [6, 6.07) is 1.58. The van der Waals surface area contributed by atoms with Crippen LogP contribution in [0.5, 0.6) is 0 Å². The van der Waals surface area contributed by atoms with Crippen LogP contribution in [-0.2, 0) is 0 Å². The average Bonchev–Trinajstić information content (AvgIpc) is 3.30. The number of carbonyl (C=O) groups is 2. The van der Waals surface area contributed by atoms with Crippen LogP contribution in [0.15, 0.2) is 25.6 Å². The van der Waals surface area contributed by atoms with Gasteiger partial charge in [0.1, 0.15) is 0 Å². The molecule has 0 fully saturated rings. The van der Waals surface area contributed by atoms with Gasteiger partial charge in [-0.25, -0.2) is 0 Å². The molecule has 14 heteroatoms. The lowest BCUT2D eigenvalue weighted by Crippen LogP contribution is -2.32. The number of nitrogens with zero attached hydrogens (tertiary/aromatic N) is 4. The molecule has 14 nitrogen and oxygen atoms in total. The summed E-state index contributed by atoms with van der Waals surface area (Å²) in [6.45, 7) is 2.47. The van der Waals surface area contributed by atoms with Gasteiger partial charge in [-0.1, -0.05) is 0 Å². The number of ketones is 2. The van der Waals surface area contributed by atoms with Gasteiger partial charge in [-0.15, -0.1) is 0 Å². The Hall–Kier alpha value is -4.36. The first-order chi connectivity index (χ1) is 13.1. The lowest BCUT2D eigenvalue weighted by atomic mass is 10.1. The third-order valence-corrected chi connectivity index (χ3v) is 3.67. The van der Waals surface area contributed by atoms with Gasteiger partial charge in [0.25, 0.3) is 17.3 Å². The molecule has 144 valence electrons. The number of furan rings is 2. The van der Waals surface area contributed by atoms with Crippen LogP contribution < -0.4 is 4.90 Å². The summed E-state index contributed by atoms with van der Waals surface area (Å²) in [5.41, 5.74) is -2.74. The Morgan fingerprint density at radius 3 is 1.86 bits per heavy atom. The highest BCUT2D eigenvalue weighted by Gasteiger charge is 2.38. The van der Waals surface area contributed by atoms with Gasteiger partial charge in [0.2, 0.25) is 0 Å². The van der Waals surface area contributed by atoms with Crippen LogP contribution >= 0.6 is 0 Å². The summed E-state index contributed by atoms with van der Waals surface area (Å²) < 4.78 is 14.2. The number of aryl methyl sites for hydroxylation is 2. The Kier molecular flexibility index (Phi) is 4.23. The van der Waals surface area contributed by atoms with Crippen molar-refractivity contribution in [3.63, 3.8) is 0 Å². The fourth-order valence-electron chi connectivity index (χ4n) is 2.35. The van der Waals surface area contributed by atoms with E-state index in [4.69, 9.17) is 8.83 Å². The standard InChI is InChI=1S/C14H8N4O10/c1-5-7(16(21)22)3-9(26-5)13(19)11-12(18(25)28-15-11)14(20)10-4-8(17(23)24)6(2)27-10/h3-4H,1-2H3. The van der Waals surface area contributed by atoms with Crippen molar-refractivity contribution in [1.82, 2.24) is 5.16 Å². The van der Waals surface area contributed by atoms with Crippen molar-refractivity contribution in [2.24, 2.45) is 0 Å². The number of carbonyl (C=O) groups excluding carboxylic acids is 2. The minimum absolute atomic E-state index is 0.183. The molecule has 28 heavy (non-hydrogen) atoms. The maximum absolute atomic E-state index is 12.5. The Morgan fingerprint density at radius 2 is 1.43 bits per heavy atom. The van der Waals surface area contributed by atoms with Crippen LogP contribution in [0.4, 0.5) is 11.4 Å². The van der Waals surface area contributed by atoms with E-state index in [0.29, 0.717) is 0 Å².